The molecule has 0 saturated carbocycles. The van der Waals surface area contributed by atoms with Crippen LogP contribution in [0.1, 0.15) is 24.1 Å². The molecule has 2 N–H and O–H groups in total. The number of rotatable bonds is 0. The first-order valence-electron chi connectivity index (χ1n) is 4.81. The summed E-state index contributed by atoms with van der Waals surface area (Å²) in [4.78, 5) is 26.9. The second-order valence-electron chi connectivity index (χ2n) is 3.47. The summed E-state index contributed by atoms with van der Waals surface area (Å²) in [5, 5.41) is -3.22. The smallest absolute Gasteiger partial charge is 0.311 e. The fourth-order valence-corrected chi connectivity index (χ4v) is 1.64. The third-order valence-corrected chi connectivity index (χ3v) is 2.23. The minimum Gasteiger partial charge on any atom is -0.311 e. The van der Waals surface area contributed by atoms with Crippen molar-refractivity contribution in [1.82, 2.24) is 9.97 Å². The summed E-state index contributed by atoms with van der Waals surface area (Å²) < 4.78 is 9.51. The molecule has 5 nitrogen and oxygen atoms in total. The minimum absolute atomic E-state index is 0.214. The van der Waals surface area contributed by atoms with Crippen molar-refractivity contribution >= 4 is 38.9 Å². The SMILES string of the molecule is O=P(Cl)(Cl)Cl.O=c1[nH]c2c(c(=O)[nH]1)CCCC2. The normalized spacial score (nSPS) is 14.5. The first-order chi connectivity index (χ1) is 7.77. The van der Waals surface area contributed by atoms with E-state index in [9.17, 15) is 14.2 Å². The van der Waals surface area contributed by atoms with Crippen molar-refractivity contribution in [2.24, 2.45) is 0 Å². The summed E-state index contributed by atoms with van der Waals surface area (Å²) in [7, 11) is 0. The van der Waals surface area contributed by atoms with Gasteiger partial charge in [-0.1, -0.05) is 0 Å². The zero-order valence-electron chi connectivity index (χ0n) is 8.63. The second kappa shape index (κ2) is 6.10. The van der Waals surface area contributed by atoms with E-state index in [-0.39, 0.29) is 11.2 Å². The van der Waals surface area contributed by atoms with E-state index in [0.717, 1.165) is 36.9 Å². The average molecular weight is 320 g/mol. The third kappa shape index (κ3) is 5.77. The van der Waals surface area contributed by atoms with E-state index in [1.165, 1.54) is 0 Å². The lowest BCUT2D eigenvalue weighted by molar-refractivity contribution is 0.600. The van der Waals surface area contributed by atoms with Crippen LogP contribution in [0.5, 0.6) is 0 Å². The minimum atomic E-state index is -3.22. The molecule has 1 aliphatic carbocycles. The van der Waals surface area contributed by atoms with Crippen molar-refractivity contribution in [1.29, 1.82) is 0 Å². The van der Waals surface area contributed by atoms with Crippen molar-refractivity contribution in [2.45, 2.75) is 25.7 Å². The number of nitrogens with one attached hydrogen (secondary N) is 2. The zero-order valence-corrected chi connectivity index (χ0v) is 11.8. The van der Waals surface area contributed by atoms with Crippen LogP contribution in [0.2, 0.25) is 0 Å². The summed E-state index contributed by atoms with van der Waals surface area (Å²) >= 11 is 13.8. The molecule has 0 atom stereocenters. The van der Waals surface area contributed by atoms with Gasteiger partial charge in [0.1, 0.15) is 0 Å². The molecule has 0 saturated heterocycles. The first kappa shape index (κ1) is 14.8. The largest absolute Gasteiger partial charge is 0.339 e. The van der Waals surface area contributed by atoms with E-state index in [1.54, 1.807) is 0 Å². The maximum Gasteiger partial charge on any atom is 0.339 e. The van der Waals surface area contributed by atoms with Gasteiger partial charge in [0.25, 0.3) is 5.56 Å². The van der Waals surface area contributed by atoms with Crippen molar-refractivity contribution in [3.8, 4) is 0 Å². The molecule has 17 heavy (non-hydrogen) atoms. The van der Waals surface area contributed by atoms with E-state index < -0.39 is 5.20 Å². The quantitative estimate of drug-likeness (QED) is 0.721. The lowest BCUT2D eigenvalue weighted by atomic mass is 9.97. The Morgan fingerprint density at radius 3 is 2.12 bits per heavy atom. The summed E-state index contributed by atoms with van der Waals surface area (Å²) in [5.41, 5.74) is 0.991. The van der Waals surface area contributed by atoms with Gasteiger partial charge in [-0.3, -0.25) is 14.3 Å². The Bertz CT molecular complexity index is 539. The van der Waals surface area contributed by atoms with E-state index in [2.05, 4.69) is 43.7 Å². The van der Waals surface area contributed by atoms with Crippen molar-refractivity contribution in [2.75, 3.05) is 0 Å². The summed E-state index contributed by atoms with van der Waals surface area (Å²) in [6, 6.07) is 0. The van der Waals surface area contributed by atoms with Gasteiger partial charge in [0.15, 0.2) is 0 Å². The molecule has 0 aromatic carbocycles. The van der Waals surface area contributed by atoms with Crippen LogP contribution >= 0.6 is 38.9 Å². The Labute approximate surface area is 111 Å². The van der Waals surface area contributed by atoms with Crippen LogP contribution in [-0.2, 0) is 17.4 Å². The van der Waals surface area contributed by atoms with E-state index in [4.69, 9.17) is 0 Å². The Kier molecular flexibility index (Phi) is 5.32. The third-order valence-electron chi connectivity index (χ3n) is 2.23. The molecule has 96 valence electrons. The Hall–Kier alpha value is -0.220. The number of aromatic amines is 2. The maximum absolute atomic E-state index is 11.2. The summed E-state index contributed by atoms with van der Waals surface area (Å²) in [6.07, 6.45) is 3.73. The average Bonchev–Trinajstić information content (AvgIpc) is 2.14. The van der Waals surface area contributed by atoms with Gasteiger partial charge in [-0.25, -0.2) is 4.79 Å². The highest BCUT2D eigenvalue weighted by atomic mass is 36.0. The first-order valence-corrected chi connectivity index (χ1v) is 9.23. The number of H-pyrrole nitrogens is 2. The fraction of sp³-hybridized carbons (Fsp3) is 0.500. The summed E-state index contributed by atoms with van der Waals surface area (Å²) in [6.45, 7) is 0. The lowest BCUT2D eigenvalue weighted by Gasteiger charge is -2.12. The molecular formula is C8H10Cl3N2O3P. The van der Waals surface area contributed by atoms with Crippen LogP contribution in [0.25, 0.3) is 0 Å². The Morgan fingerprint density at radius 2 is 1.53 bits per heavy atom. The van der Waals surface area contributed by atoms with Crippen LogP contribution in [0, 0.1) is 0 Å². The van der Waals surface area contributed by atoms with Gasteiger partial charge >= 0.3 is 10.9 Å². The Morgan fingerprint density at radius 1 is 1.00 bits per heavy atom. The van der Waals surface area contributed by atoms with Gasteiger partial charge in [0.2, 0.25) is 0 Å². The molecule has 1 heterocycles. The maximum atomic E-state index is 11.2. The molecule has 0 radical (unpaired) electrons. The molecule has 0 aliphatic heterocycles. The topological polar surface area (TPSA) is 82.8 Å². The lowest BCUT2D eigenvalue weighted by Crippen LogP contribution is -2.29. The van der Waals surface area contributed by atoms with Crippen LogP contribution in [0.15, 0.2) is 9.59 Å². The standard InChI is InChI=1S/C8H10N2O2.Cl3OP/c11-7-5-3-1-2-4-6(5)9-8(12)10-7;1-5(2,3)4/h1-4H2,(H2,9,10,11,12);. The van der Waals surface area contributed by atoms with Gasteiger partial charge in [-0.2, -0.15) is 0 Å². The molecule has 9 heteroatoms. The second-order valence-corrected chi connectivity index (χ2v) is 10.1. The van der Waals surface area contributed by atoms with Crippen LogP contribution in [-0.4, -0.2) is 9.97 Å². The van der Waals surface area contributed by atoms with Crippen molar-refractivity contribution < 1.29 is 4.57 Å². The van der Waals surface area contributed by atoms with E-state index >= 15 is 0 Å². The van der Waals surface area contributed by atoms with Gasteiger partial charge in [-0.15, -0.1) is 0 Å². The van der Waals surface area contributed by atoms with Crippen LogP contribution in [0.4, 0.5) is 0 Å². The predicted octanol–water partition coefficient (Wildman–Crippen LogP) is 2.75. The molecule has 0 bridgehead atoms. The molecule has 0 unspecified atom stereocenters. The number of aryl methyl sites for hydroxylation is 1. The highest BCUT2D eigenvalue weighted by molar-refractivity contribution is 8.24. The summed E-state index contributed by atoms with van der Waals surface area (Å²) in [5.74, 6) is 0. The molecule has 2 rings (SSSR count). The number of halogens is 3. The van der Waals surface area contributed by atoms with Crippen molar-refractivity contribution in [3.05, 3.63) is 32.1 Å². The van der Waals surface area contributed by atoms with Gasteiger partial charge in [-0.05, 0) is 59.4 Å². The number of fused-ring (bicyclic) bond motifs is 1. The monoisotopic (exact) mass is 318 g/mol. The van der Waals surface area contributed by atoms with Crippen molar-refractivity contribution in [3.63, 3.8) is 0 Å². The predicted molar refractivity (Wildman–Crippen MR) is 69.5 cm³/mol. The molecule has 0 fully saturated rings. The van der Waals surface area contributed by atoms with Gasteiger partial charge in [0, 0.05) is 11.3 Å². The van der Waals surface area contributed by atoms with Gasteiger partial charge in [0.05, 0.1) is 0 Å². The molecule has 1 aliphatic rings. The molecule has 0 spiro atoms. The molecular weight excluding hydrogens is 309 g/mol. The van der Waals surface area contributed by atoms with E-state index in [1.807, 2.05) is 0 Å². The number of aromatic nitrogens is 2. The number of hydrogen-bond acceptors (Lipinski definition) is 3. The highest BCUT2D eigenvalue weighted by Gasteiger charge is 2.12. The molecule has 1 aromatic rings. The number of hydrogen-bond donors (Lipinski definition) is 2. The highest BCUT2D eigenvalue weighted by Crippen LogP contribution is 2.61. The van der Waals surface area contributed by atoms with Crippen LogP contribution in [0.3, 0.4) is 0 Å². The molecule has 1 aromatic heterocycles. The Balaban J connectivity index is 0.000000249. The van der Waals surface area contributed by atoms with Crippen LogP contribution < -0.4 is 11.2 Å². The van der Waals surface area contributed by atoms with Gasteiger partial charge < -0.3 is 4.98 Å². The molecule has 0 amide bonds. The van der Waals surface area contributed by atoms with E-state index in [0.29, 0.717) is 0 Å². The fourth-order valence-electron chi connectivity index (χ4n) is 1.64. The zero-order chi connectivity index (χ0) is 13.1.